The minimum atomic E-state index is 0. The Balaban J connectivity index is 0.00000289. The van der Waals surface area contributed by atoms with Gasteiger partial charge >= 0.3 is 0 Å². The first kappa shape index (κ1) is 17.8. The van der Waals surface area contributed by atoms with Crippen molar-refractivity contribution in [2.24, 2.45) is 0 Å². The molecule has 5 heteroatoms. The maximum Gasteiger partial charge on any atom is 0.122 e. The Kier molecular flexibility index (Phi) is 9.66. The smallest absolute Gasteiger partial charge is 0.122 e. The molecule has 0 amide bonds. The van der Waals surface area contributed by atoms with E-state index in [1.54, 1.807) is 18.2 Å². The van der Waals surface area contributed by atoms with Crippen LogP contribution in [0.4, 0.5) is 0 Å². The Morgan fingerprint density at radius 3 is 2.28 bits per heavy atom. The van der Waals surface area contributed by atoms with Crippen LogP contribution in [0, 0.1) is 0 Å². The van der Waals surface area contributed by atoms with E-state index in [2.05, 4.69) is 12.2 Å². The van der Waals surface area contributed by atoms with Crippen LogP contribution >= 0.6 is 35.6 Å². The molecule has 18 heavy (non-hydrogen) atoms. The molecule has 1 N–H and O–H groups in total. The third-order valence-corrected chi connectivity index (χ3v) is 2.90. The highest BCUT2D eigenvalue weighted by Crippen LogP contribution is 2.26. The Hall–Kier alpha value is -0.150. The van der Waals surface area contributed by atoms with Gasteiger partial charge < -0.3 is 10.1 Å². The molecule has 0 radical (unpaired) electrons. The first-order valence-corrected chi connectivity index (χ1v) is 6.68. The molecule has 0 aliphatic heterocycles. The number of benzene rings is 1. The molecule has 0 saturated heterocycles. The second-order valence-electron chi connectivity index (χ2n) is 4.03. The normalized spacial score (nSPS) is 11.8. The standard InChI is InChI=1S/C13H19Cl2NO.ClH/c1-3-4-12(5-6-16-2)17-13-8-10(14)7-11(15)9-13;/h7-9,12,16H,3-6H2,1-2H3;1H. The fraction of sp³-hybridized carbons (Fsp3) is 0.538. The maximum atomic E-state index is 5.94. The molecule has 0 bridgehead atoms. The molecular weight excluding hydrogens is 293 g/mol. The molecule has 2 nitrogen and oxygen atoms in total. The molecular formula is C13H20Cl3NO. The van der Waals surface area contributed by atoms with Crippen molar-refractivity contribution >= 4 is 35.6 Å². The summed E-state index contributed by atoms with van der Waals surface area (Å²) in [6.45, 7) is 3.10. The quantitative estimate of drug-likeness (QED) is 0.796. The van der Waals surface area contributed by atoms with E-state index >= 15 is 0 Å². The number of ether oxygens (including phenoxy) is 1. The number of hydrogen-bond donors (Lipinski definition) is 1. The molecule has 1 atom stereocenters. The summed E-state index contributed by atoms with van der Waals surface area (Å²) in [6, 6.07) is 5.31. The van der Waals surface area contributed by atoms with Crippen LogP contribution in [0.2, 0.25) is 10.0 Å². The van der Waals surface area contributed by atoms with Gasteiger partial charge in [0.1, 0.15) is 5.75 Å². The molecule has 0 spiro atoms. The summed E-state index contributed by atoms with van der Waals surface area (Å²) in [6.07, 6.45) is 3.32. The van der Waals surface area contributed by atoms with Gasteiger partial charge in [-0.3, -0.25) is 0 Å². The average Bonchev–Trinajstić information content (AvgIpc) is 2.24. The van der Waals surface area contributed by atoms with Crippen LogP contribution in [0.3, 0.4) is 0 Å². The van der Waals surface area contributed by atoms with E-state index in [-0.39, 0.29) is 18.5 Å². The third-order valence-electron chi connectivity index (χ3n) is 2.47. The third kappa shape index (κ3) is 6.69. The largest absolute Gasteiger partial charge is 0.490 e. The zero-order chi connectivity index (χ0) is 12.7. The Morgan fingerprint density at radius 1 is 1.17 bits per heavy atom. The fourth-order valence-electron chi connectivity index (χ4n) is 1.68. The average molecular weight is 313 g/mol. The van der Waals surface area contributed by atoms with Crippen molar-refractivity contribution in [2.75, 3.05) is 13.6 Å². The van der Waals surface area contributed by atoms with Gasteiger partial charge in [0.2, 0.25) is 0 Å². The van der Waals surface area contributed by atoms with Crippen molar-refractivity contribution in [3.8, 4) is 5.75 Å². The minimum Gasteiger partial charge on any atom is -0.490 e. The van der Waals surface area contributed by atoms with Crippen molar-refractivity contribution in [1.29, 1.82) is 0 Å². The molecule has 0 aliphatic rings. The lowest BCUT2D eigenvalue weighted by Gasteiger charge is -2.18. The summed E-state index contributed by atoms with van der Waals surface area (Å²) in [4.78, 5) is 0. The first-order chi connectivity index (χ1) is 8.15. The van der Waals surface area contributed by atoms with Crippen LogP contribution in [0.1, 0.15) is 26.2 Å². The zero-order valence-corrected chi connectivity index (χ0v) is 13.0. The monoisotopic (exact) mass is 311 g/mol. The predicted molar refractivity (Wildman–Crippen MR) is 81.6 cm³/mol. The highest BCUT2D eigenvalue weighted by Gasteiger charge is 2.10. The van der Waals surface area contributed by atoms with Gasteiger partial charge in [-0.15, -0.1) is 12.4 Å². The van der Waals surface area contributed by atoms with E-state index in [4.69, 9.17) is 27.9 Å². The second kappa shape index (κ2) is 9.74. The lowest BCUT2D eigenvalue weighted by atomic mass is 10.1. The Morgan fingerprint density at radius 2 is 1.78 bits per heavy atom. The first-order valence-electron chi connectivity index (χ1n) is 5.93. The van der Waals surface area contributed by atoms with Crippen molar-refractivity contribution in [2.45, 2.75) is 32.3 Å². The van der Waals surface area contributed by atoms with Crippen LogP contribution in [-0.2, 0) is 0 Å². The number of hydrogen-bond acceptors (Lipinski definition) is 2. The van der Waals surface area contributed by atoms with Crippen LogP contribution in [0.15, 0.2) is 18.2 Å². The van der Waals surface area contributed by atoms with Crippen LogP contribution in [0.5, 0.6) is 5.75 Å². The molecule has 0 heterocycles. The van der Waals surface area contributed by atoms with Gasteiger partial charge in [0.05, 0.1) is 6.10 Å². The van der Waals surface area contributed by atoms with E-state index in [1.165, 1.54) is 0 Å². The maximum absolute atomic E-state index is 5.94. The van der Waals surface area contributed by atoms with Gasteiger partial charge in [0.25, 0.3) is 0 Å². The Labute approximate surface area is 125 Å². The molecule has 104 valence electrons. The van der Waals surface area contributed by atoms with Crippen LogP contribution < -0.4 is 10.1 Å². The van der Waals surface area contributed by atoms with Crippen molar-refractivity contribution < 1.29 is 4.74 Å². The topological polar surface area (TPSA) is 21.3 Å². The predicted octanol–water partition coefficient (Wildman–Crippen LogP) is 4.57. The van der Waals surface area contributed by atoms with Gasteiger partial charge in [-0.25, -0.2) is 0 Å². The summed E-state index contributed by atoms with van der Waals surface area (Å²) >= 11 is 11.9. The molecule has 0 aliphatic carbocycles. The van der Waals surface area contributed by atoms with Gasteiger partial charge in [-0.05, 0) is 44.6 Å². The highest BCUT2D eigenvalue weighted by molar-refractivity contribution is 6.34. The van der Waals surface area contributed by atoms with E-state index in [1.807, 2.05) is 7.05 Å². The molecule has 1 aromatic carbocycles. The van der Waals surface area contributed by atoms with E-state index in [9.17, 15) is 0 Å². The second-order valence-corrected chi connectivity index (χ2v) is 4.90. The van der Waals surface area contributed by atoms with Gasteiger partial charge in [0, 0.05) is 10.0 Å². The van der Waals surface area contributed by atoms with Crippen molar-refractivity contribution in [3.05, 3.63) is 28.2 Å². The van der Waals surface area contributed by atoms with Crippen molar-refractivity contribution in [3.63, 3.8) is 0 Å². The summed E-state index contributed by atoms with van der Waals surface area (Å²) < 4.78 is 5.91. The summed E-state index contributed by atoms with van der Waals surface area (Å²) in [5, 5.41) is 4.35. The number of halogens is 3. The molecule has 1 unspecified atom stereocenters. The molecule has 1 rings (SSSR count). The molecule has 0 aromatic heterocycles. The SMILES string of the molecule is CCCC(CCNC)Oc1cc(Cl)cc(Cl)c1.Cl. The van der Waals surface area contributed by atoms with Gasteiger partial charge in [-0.1, -0.05) is 36.5 Å². The van der Waals surface area contributed by atoms with Gasteiger partial charge in [0.15, 0.2) is 0 Å². The summed E-state index contributed by atoms with van der Waals surface area (Å²) in [7, 11) is 1.94. The number of nitrogens with one attached hydrogen (secondary N) is 1. The van der Waals surface area contributed by atoms with E-state index in [0.717, 1.165) is 31.6 Å². The minimum absolute atomic E-state index is 0. The fourth-order valence-corrected chi connectivity index (χ4v) is 2.18. The van der Waals surface area contributed by atoms with Crippen LogP contribution in [-0.4, -0.2) is 19.7 Å². The lowest BCUT2D eigenvalue weighted by molar-refractivity contribution is 0.180. The molecule has 0 fully saturated rings. The van der Waals surface area contributed by atoms with E-state index in [0.29, 0.717) is 10.0 Å². The Bertz CT molecular complexity index is 327. The van der Waals surface area contributed by atoms with Crippen LogP contribution in [0.25, 0.3) is 0 Å². The lowest BCUT2D eigenvalue weighted by Crippen LogP contribution is -2.22. The molecule has 0 saturated carbocycles. The van der Waals surface area contributed by atoms with Crippen molar-refractivity contribution in [1.82, 2.24) is 5.32 Å². The zero-order valence-electron chi connectivity index (χ0n) is 10.7. The molecule has 1 aromatic rings. The van der Waals surface area contributed by atoms with E-state index < -0.39 is 0 Å². The number of rotatable bonds is 7. The van der Waals surface area contributed by atoms with Gasteiger partial charge in [-0.2, -0.15) is 0 Å². The summed E-state index contributed by atoms with van der Waals surface area (Å²) in [5.74, 6) is 0.747. The summed E-state index contributed by atoms with van der Waals surface area (Å²) in [5.41, 5.74) is 0. The highest BCUT2D eigenvalue weighted by atomic mass is 35.5.